The van der Waals surface area contributed by atoms with E-state index in [-0.39, 0.29) is 12.1 Å². The summed E-state index contributed by atoms with van der Waals surface area (Å²) in [7, 11) is 0. The first-order chi connectivity index (χ1) is 10.3. The quantitative estimate of drug-likeness (QED) is 0.743. The van der Waals surface area contributed by atoms with Gasteiger partial charge in [-0.15, -0.1) is 0 Å². The first-order valence-corrected chi connectivity index (χ1v) is 7.60. The average Bonchev–Trinajstić information content (AvgIpc) is 2.44. The monoisotopic (exact) mass is 305 g/mol. The maximum Gasteiger partial charge on any atom is 0.410 e. The summed E-state index contributed by atoms with van der Waals surface area (Å²) in [6, 6.07) is 5.82. The molecule has 0 aromatic heterocycles. The average molecular weight is 305 g/mol. The fourth-order valence-electron chi connectivity index (χ4n) is 2.87. The molecule has 6 nitrogen and oxygen atoms in total. The Morgan fingerprint density at radius 3 is 2.86 bits per heavy atom. The highest BCUT2D eigenvalue weighted by molar-refractivity contribution is 5.70. The van der Waals surface area contributed by atoms with Gasteiger partial charge in [0.05, 0.1) is 11.7 Å². The molecule has 2 N–H and O–H groups in total. The normalized spacial score (nSPS) is 20.8. The standard InChI is InChI=1S/C16H23N3O3/c1-16(2,3)22-15(20)18-6-7-19-12(9-18)10-21-14-5-4-11(17)8-13(14)19/h4-5,8,12H,6-7,9-10,17H2,1-3H3/t12-/m1/s1. The maximum atomic E-state index is 12.2. The van der Waals surface area contributed by atoms with Gasteiger partial charge >= 0.3 is 6.09 Å². The summed E-state index contributed by atoms with van der Waals surface area (Å²) < 4.78 is 11.3. The van der Waals surface area contributed by atoms with Gasteiger partial charge in [-0.05, 0) is 39.0 Å². The van der Waals surface area contributed by atoms with Crippen LogP contribution in [0.4, 0.5) is 16.2 Å². The Balaban J connectivity index is 1.72. The largest absolute Gasteiger partial charge is 0.489 e. The summed E-state index contributed by atoms with van der Waals surface area (Å²) >= 11 is 0. The van der Waals surface area contributed by atoms with Crippen molar-refractivity contribution < 1.29 is 14.3 Å². The highest BCUT2D eigenvalue weighted by atomic mass is 16.6. The number of ether oxygens (including phenoxy) is 2. The number of piperazine rings is 1. The second kappa shape index (κ2) is 5.26. The van der Waals surface area contributed by atoms with Crippen molar-refractivity contribution in [3.63, 3.8) is 0 Å². The summed E-state index contributed by atoms with van der Waals surface area (Å²) in [5, 5.41) is 0. The van der Waals surface area contributed by atoms with Gasteiger partial charge in [0, 0.05) is 25.3 Å². The molecule has 1 aromatic rings. The molecule has 1 aromatic carbocycles. The van der Waals surface area contributed by atoms with Crippen LogP contribution < -0.4 is 15.4 Å². The number of carbonyl (C=O) groups is 1. The number of fused-ring (bicyclic) bond motifs is 3. The molecule has 1 saturated heterocycles. The fourth-order valence-corrected chi connectivity index (χ4v) is 2.87. The molecular weight excluding hydrogens is 282 g/mol. The van der Waals surface area contributed by atoms with Gasteiger partial charge in [0.2, 0.25) is 0 Å². The molecule has 6 heteroatoms. The second-order valence-corrected chi connectivity index (χ2v) is 6.81. The number of nitrogens with zero attached hydrogens (tertiary/aromatic N) is 2. The topological polar surface area (TPSA) is 68.0 Å². The van der Waals surface area contributed by atoms with Crippen LogP contribution in [-0.2, 0) is 4.74 Å². The Kier molecular flexibility index (Phi) is 3.54. The maximum absolute atomic E-state index is 12.2. The molecule has 3 rings (SSSR count). The molecular formula is C16H23N3O3. The van der Waals surface area contributed by atoms with E-state index >= 15 is 0 Å². The van der Waals surface area contributed by atoms with E-state index in [1.807, 2.05) is 39.0 Å². The van der Waals surface area contributed by atoms with E-state index in [1.165, 1.54) is 0 Å². The molecule has 0 bridgehead atoms. The number of nitrogen functional groups attached to an aromatic ring is 1. The SMILES string of the molecule is CC(C)(C)OC(=O)N1CCN2c3cc(N)ccc3OC[C@H]2C1. The van der Waals surface area contributed by atoms with Crippen LogP contribution >= 0.6 is 0 Å². The molecule has 1 atom stereocenters. The van der Waals surface area contributed by atoms with Gasteiger partial charge in [-0.3, -0.25) is 0 Å². The molecule has 2 heterocycles. The van der Waals surface area contributed by atoms with Crippen molar-refractivity contribution in [1.29, 1.82) is 0 Å². The van der Waals surface area contributed by atoms with Crippen LogP contribution in [0.25, 0.3) is 0 Å². The summed E-state index contributed by atoms with van der Waals surface area (Å²) in [6.45, 7) is 8.19. The van der Waals surface area contributed by atoms with Crippen LogP contribution in [-0.4, -0.2) is 48.9 Å². The Morgan fingerprint density at radius 2 is 2.14 bits per heavy atom. The van der Waals surface area contributed by atoms with E-state index in [1.54, 1.807) is 4.90 Å². The molecule has 0 aliphatic carbocycles. The zero-order chi connectivity index (χ0) is 15.9. The van der Waals surface area contributed by atoms with Crippen molar-refractivity contribution in [2.75, 3.05) is 36.9 Å². The van der Waals surface area contributed by atoms with Gasteiger partial charge in [-0.2, -0.15) is 0 Å². The summed E-state index contributed by atoms with van der Waals surface area (Å²) in [5.74, 6) is 0.858. The first kappa shape index (κ1) is 14.8. The van der Waals surface area contributed by atoms with Crippen molar-refractivity contribution in [3.05, 3.63) is 18.2 Å². The van der Waals surface area contributed by atoms with Gasteiger partial charge in [0.15, 0.2) is 0 Å². The minimum atomic E-state index is -0.474. The molecule has 1 amide bonds. The highest BCUT2D eigenvalue weighted by Crippen LogP contribution is 2.36. The molecule has 0 unspecified atom stereocenters. The van der Waals surface area contributed by atoms with Crippen LogP contribution in [0.15, 0.2) is 18.2 Å². The molecule has 0 spiro atoms. The van der Waals surface area contributed by atoms with Crippen molar-refractivity contribution in [2.45, 2.75) is 32.4 Å². The van der Waals surface area contributed by atoms with Gasteiger partial charge < -0.3 is 25.0 Å². The molecule has 2 aliphatic heterocycles. The summed E-state index contributed by atoms with van der Waals surface area (Å²) in [6.07, 6.45) is -0.259. The first-order valence-electron chi connectivity index (χ1n) is 7.60. The third kappa shape index (κ3) is 2.91. The van der Waals surface area contributed by atoms with Gasteiger partial charge in [-0.1, -0.05) is 0 Å². The van der Waals surface area contributed by atoms with Crippen LogP contribution in [0, 0.1) is 0 Å². The summed E-state index contributed by atoms with van der Waals surface area (Å²) in [5.41, 5.74) is 7.14. The van der Waals surface area contributed by atoms with Crippen LogP contribution in [0.5, 0.6) is 5.75 Å². The smallest absolute Gasteiger partial charge is 0.410 e. The van der Waals surface area contributed by atoms with Gasteiger partial charge in [0.25, 0.3) is 0 Å². The van der Waals surface area contributed by atoms with Crippen LogP contribution in [0.3, 0.4) is 0 Å². The predicted molar refractivity (Wildman–Crippen MR) is 85.3 cm³/mol. The van der Waals surface area contributed by atoms with E-state index in [4.69, 9.17) is 15.2 Å². The Bertz CT molecular complexity index is 582. The molecule has 0 saturated carbocycles. The zero-order valence-electron chi connectivity index (χ0n) is 13.3. The number of rotatable bonds is 0. The van der Waals surface area contributed by atoms with E-state index < -0.39 is 5.60 Å². The van der Waals surface area contributed by atoms with Crippen molar-refractivity contribution in [1.82, 2.24) is 4.90 Å². The highest BCUT2D eigenvalue weighted by Gasteiger charge is 2.35. The fraction of sp³-hybridized carbons (Fsp3) is 0.562. The molecule has 22 heavy (non-hydrogen) atoms. The second-order valence-electron chi connectivity index (χ2n) is 6.81. The number of hydrogen-bond donors (Lipinski definition) is 1. The Hall–Kier alpha value is -2.11. The molecule has 1 fully saturated rings. The number of nitrogens with two attached hydrogens (primary N) is 1. The van der Waals surface area contributed by atoms with Crippen LogP contribution in [0.1, 0.15) is 20.8 Å². The van der Waals surface area contributed by atoms with Gasteiger partial charge in [0.1, 0.15) is 18.0 Å². The zero-order valence-corrected chi connectivity index (χ0v) is 13.3. The van der Waals surface area contributed by atoms with Crippen molar-refractivity contribution in [2.24, 2.45) is 0 Å². The van der Waals surface area contributed by atoms with E-state index in [0.29, 0.717) is 19.7 Å². The Labute approximate surface area is 130 Å². The Morgan fingerprint density at radius 1 is 1.36 bits per heavy atom. The van der Waals surface area contributed by atoms with E-state index in [0.717, 1.165) is 23.7 Å². The number of carbonyl (C=O) groups excluding carboxylic acids is 1. The number of anilines is 2. The third-order valence-corrected chi connectivity index (χ3v) is 3.86. The molecule has 0 radical (unpaired) electrons. The van der Waals surface area contributed by atoms with Crippen molar-refractivity contribution >= 4 is 17.5 Å². The van der Waals surface area contributed by atoms with E-state index in [9.17, 15) is 4.79 Å². The number of hydrogen-bond acceptors (Lipinski definition) is 5. The minimum Gasteiger partial charge on any atom is -0.489 e. The minimum absolute atomic E-state index is 0.135. The van der Waals surface area contributed by atoms with Gasteiger partial charge in [-0.25, -0.2) is 4.79 Å². The molecule has 120 valence electrons. The third-order valence-electron chi connectivity index (χ3n) is 3.86. The number of benzene rings is 1. The summed E-state index contributed by atoms with van der Waals surface area (Å²) in [4.78, 5) is 16.2. The molecule has 2 aliphatic rings. The van der Waals surface area contributed by atoms with Crippen molar-refractivity contribution in [3.8, 4) is 5.75 Å². The van der Waals surface area contributed by atoms with E-state index in [2.05, 4.69) is 4.90 Å². The van der Waals surface area contributed by atoms with Crippen LogP contribution in [0.2, 0.25) is 0 Å². The predicted octanol–water partition coefficient (Wildman–Crippen LogP) is 2.09. The lowest BCUT2D eigenvalue weighted by molar-refractivity contribution is 0.0195. The lowest BCUT2D eigenvalue weighted by Crippen LogP contribution is -2.59. The lowest BCUT2D eigenvalue weighted by Gasteiger charge is -2.45. The lowest BCUT2D eigenvalue weighted by atomic mass is 10.1. The number of amides is 1.